The van der Waals surface area contributed by atoms with Crippen LogP contribution < -0.4 is 0 Å². The van der Waals surface area contributed by atoms with Crippen LogP contribution in [0.3, 0.4) is 0 Å². The van der Waals surface area contributed by atoms with Crippen molar-refractivity contribution in [2.24, 2.45) is 4.99 Å². The van der Waals surface area contributed by atoms with Crippen molar-refractivity contribution in [3.63, 3.8) is 0 Å². The highest BCUT2D eigenvalue weighted by Gasteiger charge is 2.21. The van der Waals surface area contributed by atoms with Gasteiger partial charge in [-0.3, -0.25) is 4.99 Å². The molecule has 2 aromatic carbocycles. The summed E-state index contributed by atoms with van der Waals surface area (Å²) in [6.45, 7) is 0. The molecular weight excluding hydrogens is 226 g/mol. The lowest BCUT2D eigenvalue weighted by molar-refractivity contribution is 0.0698. The highest BCUT2D eigenvalue weighted by molar-refractivity contribution is 6.09. The summed E-state index contributed by atoms with van der Waals surface area (Å²) < 4.78 is 0. The van der Waals surface area contributed by atoms with Gasteiger partial charge in [0.25, 0.3) is 0 Å². The molecule has 0 unspecified atom stereocenters. The lowest BCUT2D eigenvalue weighted by atomic mass is 10.0. The van der Waals surface area contributed by atoms with Gasteiger partial charge in [0.05, 0.1) is 17.0 Å². The predicted octanol–water partition coefficient (Wildman–Crippen LogP) is 3.06. The molecule has 18 heavy (non-hydrogen) atoms. The monoisotopic (exact) mass is 237 g/mol. The molecule has 0 atom stereocenters. The number of hydrogen-bond acceptors (Lipinski definition) is 2. The van der Waals surface area contributed by atoms with Crippen molar-refractivity contribution >= 4 is 17.4 Å². The third kappa shape index (κ3) is 1.70. The second-order valence-corrected chi connectivity index (χ2v) is 4.22. The van der Waals surface area contributed by atoms with Crippen molar-refractivity contribution < 1.29 is 9.90 Å². The maximum Gasteiger partial charge on any atom is 0.337 e. The molecular formula is C15H11NO2. The Morgan fingerprint density at radius 3 is 2.56 bits per heavy atom. The van der Waals surface area contributed by atoms with Crippen molar-refractivity contribution in [1.82, 2.24) is 0 Å². The summed E-state index contributed by atoms with van der Waals surface area (Å²) >= 11 is 0. The molecule has 3 nitrogen and oxygen atoms in total. The molecule has 3 rings (SSSR count). The second-order valence-electron chi connectivity index (χ2n) is 4.22. The van der Waals surface area contributed by atoms with Gasteiger partial charge in [-0.2, -0.15) is 0 Å². The molecule has 0 saturated heterocycles. The molecule has 0 saturated carbocycles. The van der Waals surface area contributed by atoms with Gasteiger partial charge >= 0.3 is 5.97 Å². The number of aliphatic imine (C=N–C) groups is 1. The number of aromatic carboxylic acids is 1. The quantitative estimate of drug-likeness (QED) is 0.872. The number of nitrogens with zero attached hydrogens (tertiary/aromatic N) is 1. The fraction of sp³-hybridized carbons (Fsp3) is 0.0667. The molecule has 1 aliphatic heterocycles. The van der Waals surface area contributed by atoms with Crippen LogP contribution in [-0.4, -0.2) is 16.8 Å². The first-order valence-corrected chi connectivity index (χ1v) is 5.74. The Morgan fingerprint density at radius 1 is 1.06 bits per heavy atom. The third-order valence-corrected chi connectivity index (χ3v) is 3.06. The molecule has 3 heteroatoms. The molecule has 2 aromatic rings. The molecule has 0 radical (unpaired) electrons. The van der Waals surface area contributed by atoms with E-state index in [2.05, 4.69) is 4.99 Å². The van der Waals surface area contributed by atoms with Crippen LogP contribution in [0.4, 0.5) is 5.69 Å². The van der Waals surface area contributed by atoms with Crippen molar-refractivity contribution in [2.45, 2.75) is 6.42 Å². The number of carboxylic acids is 1. The Labute approximate surface area is 104 Å². The van der Waals surface area contributed by atoms with Crippen molar-refractivity contribution in [3.8, 4) is 0 Å². The van der Waals surface area contributed by atoms with Crippen LogP contribution in [0.1, 0.15) is 21.5 Å². The Balaban J connectivity index is 2.08. The number of carboxylic acid groups (broad SMARTS) is 1. The van der Waals surface area contributed by atoms with Gasteiger partial charge in [0, 0.05) is 6.42 Å². The molecule has 0 amide bonds. The maximum atomic E-state index is 11.1. The topological polar surface area (TPSA) is 49.7 Å². The standard InChI is InChI=1S/C15H11NO2/c17-15(18)12-8-4-7-11-9-13(16-14(11)12)10-5-2-1-3-6-10/h1-8H,9H2,(H,17,18). The number of fused-ring (bicyclic) bond motifs is 1. The van der Waals surface area contributed by atoms with Gasteiger partial charge in [-0.15, -0.1) is 0 Å². The zero-order valence-corrected chi connectivity index (χ0v) is 9.63. The largest absolute Gasteiger partial charge is 0.478 e. The van der Waals surface area contributed by atoms with Gasteiger partial charge in [-0.05, 0) is 17.2 Å². The van der Waals surface area contributed by atoms with Crippen LogP contribution in [0, 0.1) is 0 Å². The van der Waals surface area contributed by atoms with E-state index >= 15 is 0 Å². The van der Waals surface area contributed by atoms with Crippen molar-refractivity contribution in [1.29, 1.82) is 0 Å². The first-order valence-electron chi connectivity index (χ1n) is 5.74. The summed E-state index contributed by atoms with van der Waals surface area (Å²) in [6.07, 6.45) is 0.695. The molecule has 1 aliphatic rings. The van der Waals surface area contributed by atoms with E-state index < -0.39 is 5.97 Å². The molecule has 0 spiro atoms. The molecule has 0 aliphatic carbocycles. The predicted molar refractivity (Wildman–Crippen MR) is 69.7 cm³/mol. The average Bonchev–Trinajstić information content (AvgIpc) is 2.83. The number of hydrogen-bond donors (Lipinski definition) is 1. The Morgan fingerprint density at radius 2 is 1.83 bits per heavy atom. The summed E-state index contributed by atoms with van der Waals surface area (Å²) in [5.74, 6) is -0.926. The normalized spacial score (nSPS) is 13.0. The van der Waals surface area contributed by atoms with Gasteiger partial charge in [-0.25, -0.2) is 4.79 Å². The fourth-order valence-electron chi connectivity index (χ4n) is 2.19. The van der Waals surface area contributed by atoms with Gasteiger partial charge in [-0.1, -0.05) is 42.5 Å². The van der Waals surface area contributed by atoms with Gasteiger partial charge < -0.3 is 5.11 Å². The zero-order chi connectivity index (χ0) is 12.5. The number of carbonyl (C=O) groups is 1. The highest BCUT2D eigenvalue weighted by atomic mass is 16.4. The van der Waals surface area contributed by atoms with Gasteiger partial charge in [0.15, 0.2) is 0 Å². The Kier molecular flexibility index (Phi) is 2.45. The van der Waals surface area contributed by atoms with E-state index in [1.54, 1.807) is 12.1 Å². The summed E-state index contributed by atoms with van der Waals surface area (Å²) in [4.78, 5) is 15.6. The van der Waals surface area contributed by atoms with Crippen molar-refractivity contribution in [2.75, 3.05) is 0 Å². The lowest BCUT2D eigenvalue weighted by Gasteiger charge is -2.00. The van der Waals surface area contributed by atoms with E-state index in [-0.39, 0.29) is 5.56 Å². The zero-order valence-electron chi connectivity index (χ0n) is 9.63. The molecule has 0 bridgehead atoms. The molecule has 1 N–H and O–H groups in total. The molecule has 0 fully saturated rings. The van der Waals surface area contributed by atoms with Gasteiger partial charge in [0.2, 0.25) is 0 Å². The lowest BCUT2D eigenvalue weighted by Crippen LogP contribution is -1.99. The average molecular weight is 237 g/mol. The maximum absolute atomic E-state index is 11.1. The van der Waals surface area contributed by atoms with E-state index in [1.807, 2.05) is 36.4 Å². The van der Waals surface area contributed by atoms with E-state index in [0.29, 0.717) is 12.1 Å². The van der Waals surface area contributed by atoms with Crippen molar-refractivity contribution in [3.05, 3.63) is 65.2 Å². The summed E-state index contributed by atoms with van der Waals surface area (Å²) in [6, 6.07) is 15.1. The van der Waals surface area contributed by atoms with Crippen LogP contribution >= 0.6 is 0 Å². The Bertz CT molecular complexity index is 645. The third-order valence-electron chi connectivity index (χ3n) is 3.06. The van der Waals surface area contributed by atoms with Crippen LogP contribution in [0.15, 0.2) is 53.5 Å². The Hall–Kier alpha value is -2.42. The van der Waals surface area contributed by atoms with Gasteiger partial charge in [0.1, 0.15) is 0 Å². The van der Waals surface area contributed by atoms with Crippen LogP contribution in [-0.2, 0) is 6.42 Å². The highest BCUT2D eigenvalue weighted by Crippen LogP contribution is 2.32. The first-order chi connectivity index (χ1) is 8.75. The van der Waals surface area contributed by atoms with E-state index in [4.69, 9.17) is 5.11 Å². The second kappa shape index (κ2) is 4.11. The minimum atomic E-state index is -0.926. The van der Waals surface area contributed by atoms with E-state index in [0.717, 1.165) is 16.8 Å². The number of benzene rings is 2. The minimum Gasteiger partial charge on any atom is -0.478 e. The van der Waals surface area contributed by atoms with E-state index in [1.165, 1.54) is 0 Å². The first kappa shape index (κ1) is 10.7. The smallest absolute Gasteiger partial charge is 0.337 e. The number of para-hydroxylation sites is 1. The van der Waals surface area contributed by atoms with Crippen LogP contribution in [0.25, 0.3) is 0 Å². The van der Waals surface area contributed by atoms with E-state index in [9.17, 15) is 4.79 Å². The number of rotatable bonds is 2. The molecule has 1 heterocycles. The summed E-state index contributed by atoms with van der Waals surface area (Å²) in [7, 11) is 0. The summed E-state index contributed by atoms with van der Waals surface area (Å²) in [5, 5.41) is 9.14. The molecule has 0 aromatic heterocycles. The van der Waals surface area contributed by atoms with Crippen LogP contribution in [0.2, 0.25) is 0 Å². The summed E-state index contributed by atoms with van der Waals surface area (Å²) in [5.41, 5.74) is 3.83. The minimum absolute atomic E-state index is 0.276. The molecule has 88 valence electrons. The van der Waals surface area contributed by atoms with Crippen LogP contribution in [0.5, 0.6) is 0 Å². The SMILES string of the molecule is O=C(O)c1cccc2c1N=C(c1ccccc1)C2. The fourth-order valence-corrected chi connectivity index (χ4v) is 2.19.